The summed E-state index contributed by atoms with van der Waals surface area (Å²) in [6.07, 6.45) is 0. The van der Waals surface area contributed by atoms with Crippen LogP contribution in [0.15, 0.2) is 24.3 Å². The highest BCUT2D eigenvalue weighted by molar-refractivity contribution is 6.20. The second-order valence-corrected chi connectivity index (χ2v) is 3.41. The van der Waals surface area contributed by atoms with Crippen molar-refractivity contribution in [1.82, 2.24) is 9.97 Å². The summed E-state index contributed by atoms with van der Waals surface area (Å²) in [5, 5.41) is -0.0580. The maximum Gasteiger partial charge on any atom is 0.125 e. The summed E-state index contributed by atoms with van der Waals surface area (Å²) in [6, 6.07) is 7.90. The van der Waals surface area contributed by atoms with Gasteiger partial charge in [-0.25, -0.2) is 4.98 Å². The van der Waals surface area contributed by atoms with Crippen molar-refractivity contribution < 1.29 is 12.4 Å². The SMILES string of the molecule is CC(Cl)c1nc2ccccc2[nH]1.[Cl-]. The molecule has 0 aliphatic rings. The highest BCUT2D eigenvalue weighted by atomic mass is 35.5. The molecule has 0 amide bonds. The first-order chi connectivity index (χ1) is 5.77. The van der Waals surface area contributed by atoms with Crippen LogP contribution in [0.5, 0.6) is 0 Å². The van der Waals surface area contributed by atoms with Gasteiger partial charge in [0.05, 0.1) is 16.4 Å². The average molecular weight is 216 g/mol. The predicted octanol–water partition coefficient (Wildman–Crippen LogP) is -0.133. The fraction of sp³-hybridized carbons (Fsp3) is 0.222. The van der Waals surface area contributed by atoms with Crippen molar-refractivity contribution in [3.05, 3.63) is 30.1 Å². The second kappa shape index (κ2) is 3.99. The van der Waals surface area contributed by atoms with Crippen LogP contribution in [0, 0.1) is 0 Å². The third-order valence-electron chi connectivity index (χ3n) is 1.78. The van der Waals surface area contributed by atoms with Crippen molar-refractivity contribution in [2.24, 2.45) is 0 Å². The van der Waals surface area contributed by atoms with Crippen LogP contribution in [-0.2, 0) is 0 Å². The molecule has 0 bridgehead atoms. The van der Waals surface area contributed by atoms with Crippen LogP contribution < -0.4 is 12.4 Å². The van der Waals surface area contributed by atoms with E-state index in [1.54, 1.807) is 0 Å². The molecule has 1 unspecified atom stereocenters. The minimum atomic E-state index is -0.0580. The Bertz CT molecular complexity index is 362. The third-order valence-corrected chi connectivity index (χ3v) is 1.99. The van der Waals surface area contributed by atoms with E-state index in [0.29, 0.717) is 0 Å². The molecule has 0 spiro atoms. The van der Waals surface area contributed by atoms with E-state index in [-0.39, 0.29) is 17.8 Å². The van der Waals surface area contributed by atoms with E-state index < -0.39 is 0 Å². The smallest absolute Gasteiger partial charge is 0.125 e. The van der Waals surface area contributed by atoms with Gasteiger partial charge in [0, 0.05) is 0 Å². The molecule has 0 fully saturated rings. The van der Waals surface area contributed by atoms with Gasteiger partial charge in [-0.15, -0.1) is 11.6 Å². The number of alkyl halides is 1. The van der Waals surface area contributed by atoms with Gasteiger partial charge in [-0.1, -0.05) is 12.1 Å². The lowest BCUT2D eigenvalue weighted by Crippen LogP contribution is -3.00. The quantitative estimate of drug-likeness (QED) is 0.661. The number of aromatic amines is 1. The van der Waals surface area contributed by atoms with Gasteiger partial charge in [-0.3, -0.25) is 0 Å². The molecule has 2 rings (SSSR count). The van der Waals surface area contributed by atoms with Gasteiger partial charge >= 0.3 is 0 Å². The zero-order valence-electron chi connectivity index (χ0n) is 7.09. The summed E-state index contributed by atoms with van der Waals surface area (Å²) in [4.78, 5) is 7.48. The Morgan fingerprint density at radius 1 is 1.38 bits per heavy atom. The number of fused-ring (bicyclic) bond motifs is 1. The number of hydrogen-bond acceptors (Lipinski definition) is 1. The maximum absolute atomic E-state index is 5.88. The molecule has 1 aromatic heterocycles. The van der Waals surface area contributed by atoms with Crippen molar-refractivity contribution in [3.8, 4) is 0 Å². The first-order valence-electron chi connectivity index (χ1n) is 3.86. The molecule has 0 saturated heterocycles. The van der Waals surface area contributed by atoms with Crippen LogP contribution >= 0.6 is 11.6 Å². The Balaban J connectivity index is 0.000000845. The summed E-state index contributed by atoms with van der Waals surface area (Å²) in [6.45, 7) is 1.90. The van der Waals surface area contributed by atoms with Gasteiger partial charge in [-0.2, -0.15) is 0 Å². The zero-order chi connectivity index (χ0) is 8.55. The zero-order valence-corrected chi connectivity index (χ0v) is 8.60. The van der Waals surface area contributed by atoms with E-state index in [9.17, 15) is 0 Å². The third kappa shape index (κ3) is 1.95. The molecule has 1 heterocycles. The second-order valence-electron chi connectivity index (χ2n) is 2.76. The van der Waals surface area contributed by atoms with E-state index in [4.69, 9.17) is 11.6 Å². The molecule has 13 heavy (non-hydrogen) atoms. The van der Waals surface area contributed by atoms with Gasteiger partial charge < -0.3 is 17.4 Å². The fourth-order valence-electron chi connectivity index (χ4n) is 1.16. The Kier molecular flexibility index (Phi) is 3.17. The average Bonchev–Trinajstić information content (AvgIpc) is 2.46. The summed E-state index contributed by atoms with van der Waals surface area (Å²) in [7, 11) is 0. The van der Waals surface area contributed by atoms with Crippen LogP contribution in [0.25, 0.3) is 11.0 Å². The van der Waals surface area contributed by atoms with Crippen LogP contribution in [0.3, 0.4) is 0 Å². The first-order valence-corrected chi connectivity index (χ1v) is 4.30. The molecule has 0 saturated carbocycles. The van der Waals surface area contributed by atoms with Crippen molar-refractivity contribution in [2.75, 3.05) is 0 Å². The van der Waals surface area contributed by atoms with Gasteiger partial charge in [0.25, 0.3) is 0 Å². The lowest BCUT2D eigenvalue weighted by Gasteiger charge is -1.93. The number of para-hydroxylation sites is 2. The summed E-state index contributed by atoms with van der Waals surface area (Å²) < 4.78 is 0. The number of nitrogens with zero attached hydrogens (tertiary/aromatic N) is 1. The first kappa shape index (κ1) is 10.4. The Labute approximate surface area is 87.7 Å². The monoisotopic (exact) mass is 215 g/mol. The number of H-pyrrole nitrogens is 1. The Morgan fingerprint density at radius 3 is 2.69 bits per heavy atom. The van der Waals surface area contributed by atoms with Crippen LogP contribution in [0.1, 0.15) is 18.1 Å². The van der Waals surface area contributed by atoms with E-state index in [1.807, 2.05) is 31.2 Å². The van der Waals surface area contributed by atoms with E-state index in [0.717, 1.165) is 16.9 Å². The standard InChI is InChI=1S/C9H9ClN2.ClH/c1-6(10)9-11-7-4-2-3-5-8(7)12-9;/h2-6H,1H3,(H,11,12);1H/p-1. The fourth-order valence-corrected chi connectivity index (χ4v) is 1.26. The number of benzene rings is 1. The number of rotatable bonds is 1. The van der Waals surface area contributed by atoms with Gasteiger partial charge in [0.15, 0.2) is 0 Å². The highest BCUT2D eigenvalue weighted by Crippen LogP contribution is 2.19. The summed E-state index contributed by atoms with van der Waals surface area (Å²) in [5.41, 5.74) is 2.01. The topological polar surface area (TPSA) is 28.7 Å². The van der Waals surface area contributed by atoms with Gasteiger partial charge in [-0.05, 0) is 19.1 Å². The van der Waals surface area contributed by atoms with E-state index >= 15 is 0 Å². The molecule has 0 aliphatic heterocycles. The number of nitrogens with one attached hydrogen (secondary N) is 1. The van der Waals surface area contributed by atoms with Crippen molar-refractivity contribution in [3.63, 3.8) is 0 Å². The van der Waals surface area contributed by atoms with E-state index in [2.05, 4.69) is 9.97 Å². The Hall–Kier alpha value is -0.730. The van der Waals surface area contributed by atoms with Crippen LogP contribution in [0.4, 0.5) is 0 Å². The number of aromatic nitrogens is 2. The molecule has 1 atom stereocenters. The number of hydrogen-bond donors (Lipinski definition) is 1. The molecule has 70 valence electrons. The molecule has 4 heteroatoms. The van der Waals surface area contributed by atoms with Crippen molar-refractivity contribution >= 4 is 22.6 Å². The van der Waals surface area contributed by atoms with Crippen LogP contribution in [0.2, 0.25) is 0 Å². The predicted molar refractivity (Wildman–Crippen MR) is 50.4 cm³/mol. The van der Waals surface area contributed by atoms with E-state index in [1.165, 1.54) is 0 Å². The maximum atomic E-state index is 5.88. The van der Waals surface area contributed by atoms with Crippen molar-refractivity contribution in [1.29, 1.82) is 0 Å². The Morgan fingerprint density at radius 2 is 2.08 bits per heavy atom. The summed E-state index contributed by atoms with van der Waals surface area (Å²) in [5.74, 6) is 0.831. The molecule has 1 aromatic carbocycles. The molecule has 0 aliphatic carbocycles. The molecule has 2 aromatic rings. The molecule has 2 nitrogen and oxygen atoms in total. The number of imidazole rings is 1. The molecule has 0 radical (unpaired) electrons. The lowest BCUT2D eigenvalue weighted by atomic mass is 10.3. The van der Waals surface area contributed by atoms with Gasteiger partial charge in [0.1, 0.15) is 5.82 Å². The number of halogens is 2. The largest absolute Gasteiger partial charge is 1.00 e. The van der Waals surface area contributed by atoms with Crippen LogP contribution in [-0.4, -0.2) is 9.97 Å². The minimum Gasteiger partial charge on any atom is -1.00 e. The van der Waals surface area contributed by atoms with Gasteiger partial charge in [0.2, 0.25) is 0 Å². The molecular formula is C9H9Cl2N2-. The molecule has 1 N–H and O–H groups in total. The highest BCUT2D eigenvalue weighted by Gasteiger charge is 2.05. The minimum absolute atomic E-state index is 0. The normalized spacial score (nSPS) is 12.5. The molecular weight excluding hydrogens is 207 g/mol. The lowest BCUT2D eigenvalue weighted by molar-refractivity contribution is -0.00000253. The van der Waals surface area contributed by atoms with Crippen molar-refractivity contribution in [2.45, 2.75) is 12.3 Å². The summed E-state index contributed by atoms with van der Waals surface area (Å²) >= 11 is 5.88.